The van der Waals surface area contributed by atoms with Crippen LogP contribution in [0.25, 0.3) is 0 Å². The predicted molar refractivity (Wildman–Crippen MR) is 137 cm³/mol. The molecule has 1 aliphatic heterocycles. The first-order chi connectivity index (χ1) is 17.3. The van der Waals surface area contributed by atoms with Gasteiger partial charge in [-0.05, 0) is 38.7 Å². The summed E-state index contributed by atoms with van der Waals surface area (Å²) in [6, 6.07) is 0. The first kappa shape index (κ1) is 30.8. The molecule has 0 spiro atoms. The van der Waals surface area contributed by atoms with E-state index in [4.69, 9.17) is 14.6 Å². The number of esters is 2. The SMILES string of the molecule is C[C@H]1CCC/C=C/C=C/[C@H](O)C[C@@H](O)C/C=C\C=C\[C@@H](OC(=O)CCC(=O)O)C/C=C/C=C\C(=O)O1. The molecule has 4 atom stereocenters. The molecule has 198 valence electrons. The lowest BCUT2D eigenvalue weighted by Crippen LogP contribution is -2.16. The molecule has 1 aliphatic rings. The summed E-state index contributed by atoms with van der Waals surface area (Å²) >= 11 is 0. The highest BCUT2D eigenvalue weighted by molar-refractivity contribution is 5.82. The van der Waals surface area contributed by atoms with Crippen molar-refractivity contribution in [1.29, 1.82) is 0 Å². The van der Waals surface area contributed by atoms with Crippen LogP contribution in [0.2, 0.25) is 0 Å². The van der Waals surface area contributed by atoms with E-state index in [2.05, 4.69) is 0 Å². The maximum Gasteiger partial charge on any atom is 0.331 e. The minimum Gasteiger partial charge on any atom is -0.481 e. The van der Waals surface area contributed by atoms with E-state index in [1.165, 1.54) is 6.08 Å². The molecule has 0 aliphatic carbocycles. The molecule has 1 rings (SSSR count). The van der Waals surface area contributed by atoms with Gasteiger partial charge in [-0.25, -0.2) is 4.79 Å². The van der Waals surface area contributed by atoms with Crippen molar-refractivity contribution in [3.63, 3.8) is 0 Å². The molecule has 0 fully saturated rings. The number of hydrogen-bond acceptors (Lipinski definition) is 7. The van der Waals surface area contributed by atoms with Crippen LogP contribution in [0.1, 0.15) is 58.3 Å². The van der Waals surface area contributed by atoms with Gasteiger partial charge in [0, 0.05) is 18.9 Å². The summed E-state index contributed by atoms with van der Waals surface area (Å²) in [4.78, 5) is 34.6. The third kappa shape index (κ3) is 17.2. The fourth-order valence-corrected chi connectivity index (χ4v) is 3.17. The Bertz CT molecular complexity index is 850. The van der Waals surface area contributed by atoms with Crippen molar-refractivity contribution in [2.75, 3.05) is 0 Å². The lowest BCUT2D eigenvalue weighted by molar-refractivity contribution is -0.150. The van der Waals surface area contributed by atoms with Gasteiger partial charge in [-0.2, -0.15) is 0 Å². The molecule has 0 radical (unpaired) electrons. The highest BCUT2D eigenvalue weighted by Crippen LogP contribution is 2.09. The van der Waals surface area contributed by atoms with Gasteiger partial charge in [0.05, 0.1) is 31.2 Å². The Labute approximate surface area is 213 Å². The molecule has 0 aromatic rings. The molecule has 3 N–H and O–H groups in total. The van der Waals surface area contributed by atoms with E-state index in [1.807, 2.05) is 19.1 Å². The van der Waals surface area contributed by atoms with E-state index < -0.39 is 36.2 Å². The molecule has 0 amide bonds. The van der Waals surface area contributed by atoms with Gasteiger partial charge in [-0.15, -0.1) is 0 Å². The van der Waals surface area contributed by atoms with Gasteiger partial charge in [-0.3, -0.25) is 9.59 Å². The zero-order valence-corrected chi connectivity index (χ0v) is 20.8. The average molecular weight is 503 g/mol. The van der Waals surface area contributed by atoms with E-state index in [9.17, 15) is 24.6 Å². The molecule has 36 heavy (non-hydrogen) atoms. The summed E-state index contributed by atoms with van der Waals surface area (Å²) in [6.07, 6.45) is 20.5. The maximum absolute atomic E-state index is 11.9. The Hall–Kier alpha value is -3.23. The lowest BCUT2D eigenvalue weighted by Gasteiger charge is -2.12. The largest absolute Gasteiger partial charge is 0.481 e. The molecule has 8 nitrogen and oxygen atoms in total. The van der Waals surface area contributed by atoms with Gasteiger partial charge >= 0.3 is 17.9 Å². The average Bonchev–Trinajstić information content (AvgIpc) is 2.80. The summed E-state index contributed by atoms with van der Waals surface area (Å²) in [7, 11) is 0. The van der Waals surface area contributed by atoms with Gasteiger partial charge in [0.2, 0.25) is 0 Å². The number of carbonyl (C=O) groups excluding carboxylic acids is 2. The molecule has 0 saturated carbocycles. The molecule has 0 saturated heterocycles. The van der Waals surface area contributed by atoms with E-state index in [-0.39, 0.29) is 25.4 Å². The molecular weight excluding hydrogens is 464 g/mol. The third-order valence-electron chi connectivity index (χ3n) is 5.05. The lowest BCUT2D eigenvalue weighted by atomic mass is 10.1. The van der Waals surface area contributed by atoms with E-state index >= 15 is 0 Å². The van der Waals surface area contributed by atoms with Crippen LogP contribution in [-0.4, -0.2) is 57.6 Å². The second kappa shape index (κ2) is 19.0. The smallest absolute Gasteiger partial charge is 0.331 e. The van der Waals surface area contributed by atoms with Crippen LogP contribution in [0, 0.1) is 0 Å². The van der Waals surface area contributed by atoms with Gasteiger partial charge in [0.25, 0.3) is 0 Å². The normalized spacial score (nSPS) is 30.5. The van der Waals surface area contributed by atoms with Crippen LogP contribution >= 0.6 is 0 Å². The topological polar surface area (TPSA) is 130 Å². The number of aliphatic hydroxyl groups is 2. The van der Waals surface area contributed by atoms with Gasteiger partial charge in [0.1, 0.15) is 6.10 Å². The highest BCUT2D eigenvalue weighted by Gasteiger charge is 2.12. The van der Waals surface area contributed by atoms with E-state index in [0.717, 1.165) is 12.8 Å². The van der Waals surface area contributed by atoms with Gasteiger partial charge in [-0.1, -0.05) is 60.8 Å². The Balaban J connectivity index is 2.86. The summed E-state index contributed by atoms with van der Waals surface area (Å²) in [5.41, 5.74) is 0. The van der Waals surface area contributed by atoms with Gasteiger partial charge < -0.3 is 24.8 Å². The second-order valence-electron chi connectivity index (χ2n) is 8.44. The molecule has 0 aromatic carbocycles. The Morgan fingerprint density at radius 3 is 2.44 bits per heavy atom. The van der Waals surface area contributed by atoms with Crippen LogP contribution in [0.3, 0.4) is 0 Å². The molecule has 0 aromatic heterocycles. The number of aliphatic carboxylic acids is 1. The first-order valence-corrected chi connectivity index (χ1v) is 12.2. The van der Waals surface area contributed by atoms with Crippen LogP contribution in [0.15, 0.2) is 72.9 Å². The van der Waals surface area contributed by atoms with Crippen molar-refractivity contribution in [2.45, 2.75) is 82.7 Å². The molecular formula is C28H38O8. The summed E-state index contributed by atoms with van der Waals surface area (Å²) in [5, 5.41) is 28.9. The molecule has 8 heteroatoms. The van der Waals surface area contributed by atoms with Crippen molar-refractivity contribution in [2.24, 2.45) is 0 Å². The maximum atomic E-state index is 11.9. The van der Waals surface area contributed by atoms with Crippen LogP contribution in [0.5, 0.6) is 0 Å². The van der Waals surface area contributed by atoms with Crippen molar-refractivity contribution >= 4 is 17.9 Å². The van der Waals surface area contributed by atoms with Crippen molar-refractivity contribution in [3.8, 4) is 0 Å². The number of carboxylic acids is 1. The van der Waals surface area contributed by atoms with Crippen molar-refractivity contribution < 1.29 is 39.2 Å². The number of hydrogen-bond donors (Lipinski definition) is 3. The van der Waals surface area contributed by atoms with Crippen molar-refractivity contribution in [1.82, 2.24) is 0 Å². The number of allylic oxidation sites excluding steroid dienone is 7. The minimum absolute atomic E-state index is 0.198. The highest BCUT2D eigenvalue weighted by atomic mass is 16.5. The number of cyclic esters (lactones) is 1. The van der Waals surface area contributed by atoms with Crippen LogP contribution in [0.4, 0.5) is 0 Å². The van der Waals surface area contributed by atoms with Crippen LogP contribution < -0.4 is 0 Å². The number of ether oxygens (including phenoxy) is 2. The predicted octanol–water partition coefficient (Wildman–Crippen LogP) is 4.11. The Morgan fingerprint density at radius 1 is 0.972 bits per heavy atom. The van der Waals surface area contributed by atoms with Crippen LogP contribution in [-0.2, 0) is 23.9 Å². The zero-order valence-electron chi connectivity index (χ0n) is 20.8. The second-order valence-corrected chi connectivity index (χ2v) is 8.44. The first-order valence-electron chi connectivity index (χ1n) is 12.2. The summed E-state index contributed by atoms with van der Waals surface area (Å²) in [5.74, 6) is -2.16. The van der Waals surface area contributed by atoms with E-state index in [1.54, 1.807) is 54.7 Å². The standard InChI is InChI=1S/C28H38O8/c1-22-13-7-3-2-4-8-14-23(29)21-24(30)15-9-5-10-16-25(36-28(34)20-19-26(31)32)17-11-6-12-18-27(33)35-22/h2,4-6,8-12,14,16,18,22-25,29-30H,3,7,13,15,17,19-21H2,1H3,(H,31,32)/b4-2+,9-5-,11-6+,14-8+,16-10+,18-12-/t22-,23-,24-,25+/m0/s1. The molecule has 1 heterocycles. The molecule has 0 unspecified atom stereocenters. The third-order valence-corrected chi connectivity index (χ3v) is 5.05. The number of carboxylic acid groups (broad SMARTS) is 1. The zero-order chi connectivity index (χ0) is 26.6. The fraction of sp³-hybridized carbons (Fsp3) is 0.464. The fourth-order valence-electron chi connectivity index (χ4n) is 3.17. The number of rotatable bonds is 4. The van der Waals surface area contributed by atoms with Gasteiger partial charge in [0.15, 0.2) is 0 Å². The number of carbonyl (C=O) groups is 3. The Kier molecular flexibility index (Phi) is 16.3. The van der Waals surface area contributed by atoms with Crippen molar-refractivity contribution in [3.05, 3.63) is 72.9 Å². The quantitative estimate of drug-likeness (QED) is 0.490. The monoisotopic (exact) mass is 502 g/mol. The minimum atomic E-state index is -1.08. The summed E-state index contributed by atoms with van der Waals surface area (Å²) in [6.45, 7) is 1.83. The van der Waals surface area contributed by atoms with E-state index in [0.29, 0.717) is 19.3 Å². The molecule has 0 bridgehead atoms. The number of aliphatic hydroxyl groups excluding tert-OH is 2. The Morgan fingerprint density at radius 2 is 1.67 bits per heavy atom. The summed E-state index contributed by atoms with van der Waals surface area (Å²) < 4.78 is 10.7.